The summed E-state index contributed by atoms with van der Waals surface area (Å²) in [6.45, 7) is 5.61. The van der Waals surface area contributed by atoms with Crippen LogP contribution in [0.25, 0.3) is 11.4 Å². The lowest BCUT2D eigenvalue weighted by Crippen LogP contribution is -2.39. The molecule has 0 spiro atoms. The van der Waals surface area contributed by atoms with Gasteiger partial charge >= 0.3 is 0 Å². The van der Waals surface area contributed by atoms with Gasteiger partial charge in [-0.05, 0) is 45.0 Å². The van der Waals surface area contributed by atoms with Crippen LogP contribution in [-0.2, 0) is 0 Å². The smallest absolute Gasteiger partial charge is 0.205 e. The number of hydrogen-bond donors (Lipinski definition) is 0. The first-order chi connectivity index (χ1) is 12.2. The summed E-state index contributed by atoms with van der Waals surface area (Å²) in [5.74, 6) is 1.63. The first-order valence-electron chi connectivity index (χ1n) is 9.14. The van der Waals surface area contributed by atoms with E-state index in [4.69, 9.17) is 9.72 Å². The van der Waals surface area contributed by atoms with Crippen LogP contribution in [0.5, 0.6) is 5.75 Å². The van der Waals surface area contributed by atoms with E-state index in [1.165, 1.54) is 43.8 Å². The fourth-order valence-electron chi connectivity index (χ4n) is 3.37. The molecule has 0 amide bonds. The van der Waals surface area contributed by atoms with Gasteiger partial charge in [-0.1, -0.05) is 25.5 Å². The molecule has 2 heterocycles. The van der Waals surface area contributed by atoms with Gasteiger partial charge in [-0.2, -0.15) is 9.36 Å². The second-order valence-electron chi connectivity index (χ2n) is 6.74. The van der Waals surface area contributed by atoms with Crippen molar-refractivity contribution >= 4 is 16.7 Å². The Morgan fingerprint density at radius 2 is 2.28 bits per heavy atom. The molecule has 25 heavy (non-hydrogen) atoms. The average Bonchev–Trinajstić information content (AvgIpc) is 3.29. The van der Waals surface area contributed by atoms with Gasteiger partial charge in [0, 0.05) is 36.2 Å². The van der Waals surface area contributed by atoms with Gasteiger partial charge in [-0.15, -0.1) is 0 Å². The van der Waals surface area contributed by atoms with Gasteiger partial charge in [0.25, 0.3) is 0 Å². The van der Waals surface area contributed by atoms with Crippen molar-refractivity contribution in [3.8, 4) is 17.1 Å². The molecule has 0 radical (unpaired) electrons. The van der Waals surface area contributed by atoms with Crippen LogP contribution < -0.4 is 9.64 Å². The molecular formula is C19H28N4OS. The number of methoxy groups -OCH3 is 1. The Hall–Kier alpha value is -1.66. The molecule has 1 saturated heterocycles. The first-order valence-corrected chi connectivity index (χ1v) is 9.92. The number of unbranched alkanes of at least 4 members (excludes halogenated alkanes) is 1. The average molecular weight is 361 g/mol. The van der Waals surface area contributed by atoms with E-state index in [1.807, 2.05) is 24.3 Å². The monoisotopic (exact) mass is 360 g/mol. The Bertz CT molecular complexity index is 675. The number of likely N-dealkylation sites (N-methyl/N-ethyl adjacent to an activating group) is 1. The highest BCUT2D eigenvalue weighted by Gasteiger charge is 2.28. The van der Waals surface area contributed by atoms with Gasteiger partial charge in [-0.25, -0.2) is 0 Å². The quantitative estimate of drug-likeness (QED) is 0.714. The second kappa shape index (κ2) is 8.63. The van der Waals surface area contributed by atoms with Crippen LogP contribution in [0.4, 0.5) is 5.13 Å². The molecule has 0 saturated carbocycles. The molecule has 136 valence electrons. The number of anilines is 1. The zero-order valence-corrected chi connectivity index (χ0v) is 16.3. The molecule has 1 aliphatic rings. The highest BCUT2D eigenvalue weighted by atomic mass is 32.1. The maximum atomic E-state index is 5.31. The van der Waals surface area contributed by atoms with Gasteiger partial charge in [0.15, 0.2) is 5.82 Å². The molecule has 0 aliphatic carbocycles. The Labute approximate surface area is 154 Å². The van der Waals surface area contributed by atoms with Crippen molar-refractivity contribution in [2.75, 3.05) is 38.7 Å². The van der Waals surface area contributed by atoms with Crippen molar-refractivity contribution in [3.63, 3.8) is 0 Å². The second-order valence-corrected chi connectivity index (χ2v) is 7.47. The maximum absolute atomic E-state index is 5.31. The van der Waals surface area contributed by atoms with E-state index in [9.17, 15) is 0 Å². The number of nitrogens with zero attached hydrogens (tertiary/aromatic N) is 4. The van der Waals surface area contributed by atoms with Crippen molar-refractivity contribution < 1.29 is 4.74 Å². The number of rotatable bonds is 8. The highest BCUT2D eigenvalue weighted by molar-refractivity contribution is 7.09. The standard InChI is InChI=1S/C19H28N4OS/c1-4-5-11-22(2)14-16-9-7-12-23(16)19-20-18(21-25-19)15-8-6-10-17(13-15)24-3/h6,8,10,13,16H,4-5,7,9,11-12,14H2,1-3H3/t16-/m0/s1. The number of ether oxygens (including phenoxy) is 1. The number of benzene rings is 1. The van der Waals surface area contributed by atoms with Crippen molar-refractivity contribution in [2.24, 2.45) is 0 Å². The molecule has 1 aromatic carbocycles. The SMILES string of the molecule is CCCCN(C)C[C@@H]1CCCN1c1nc(-c2cccc(OC)c2)ns1. The molecule has 0 N–H and O–H groups in total. The van der Waals surface area contributed by atoms with E-state index in [0.29, 0.717) is 6.04 Å². The fraction of sp³-hybridized carbons (Fsp3) is 0.579. The number of hydrogen-bond acceptors (Lipinski definition) is 6. The summed E-state index contributed by atoms with van der Waals surface area (Å²) in [6.07, 6.45) is 4.99. The van der Waals surface area contributed by atoms with Crippen LogP contribution in [0.3, 0.4) is 0 Å². The van der Waals surface area contributed by atoms with Gasteiger partial charge in [-0.3, -0.25) is 0 Å². The third-order valence-electron chi connectivity index (χ3n) is 4.78. The highest BCUT2D eigenvalue weighted by Crippen LogP contribution is 2.31. The molecule has 5 nitrogen and oxygen atoms in total. The van der Waals surface area contributed by atoms with E-state index in [2.05, 4.69) is 28.1 Å². The van der Waals surface area contributed by atoms with Gasteiger partial charge in [0.1, 0.15) is 5.75 Å². The van der Waals surface area contributed by atoms with E-state index in [0.717, 1.165) is 35.4 Å². The van der Waals surface area contributed by atoms with E-state index in [-0.39, 0.29) is 0 Å². The Morgan fingerprint density at radius 1 is 1.40 bits per heavy atom. The summed E-state index contributed by atoms with van der Waals surface area (Å²) < 4.78 is 9.90. The zero-order chi connectivity index (χ0) is 17.6. The largest absolute Gasteiger partial charge is 0.497 e. The maximum Gasteiger partial charge on any atom is 0.205 e. The minimum atomic E-state index is 0.549. The first kappa shape index (κ1) is 18.1. The molecular weight excluding hydrogens is 332 g/mol. The minimum Gasteiger partial charge on any atom is -0.497 e. The van der Waals surface area contributed by atoms with Crippen LogP contribution in [0, 0.1) is 0 Å². The van der Waals surface area contributed by atoms with Gasteiger partial charge < -0.3 is 14.5 Å². The predicted molar refractivity (Wildman–Crippen MR) is 105 cm³/mol. The van der Waals surface area contributed by atoms with Gasteiger partial charge in [0.05, 0.1) is 7.11 Å². The summed E-state index contributed by atoms with van der Waals surface area (Å²) in [5, 5.41) is 1.05. The molecule has 3 rings (SSSR count). The van der Waals surface area contributed by atoms with Crippen LogP contribution >= 0.6 is 11.5 Å². The topological polar surface area (TPSA) is 41.5 Å². The van der Waals surface area contributed by atoms with Crippen LogP contribution in [-0.4, -0.2) is 54.1 Å². The lowest BCUT2D eigenvalue weighted by molar-refractivity contribution is 0.305. The molecule has 6 heteroatoms. The fourth-order valence-corrected chi connectivity index (χ4v) is 4.15. The zero-order valence-electron chi connectivity index (χ0n) is 15.4. The molecule has 1 aromatic heterocycles. The molecule has 2 aromatic rings. The Kier molecular flexibility index (Phi) is 6.26. The normalized spacial score (nSPS) is 17.4. The summed E-state index contributed by atoms with van der Waals surface area (Å²) in [6, 6.07) is 8.50. The van der Waals surface area contributed by atoms with Crippen LogP contribution in [0.1, 0.15) is 32.6 Å². The molecule has 1 fully saturated rings. The summed E-state index contributed by atoms with van der Waals surface area (Å²) in [7, 11) is 3.91. The summed E-state index contributed by atoms with van der Waals surface area (Å²) in [5.41, 5.74) is 1.01. The third kappa shape index (κ3) is 4.50. The molecule has 0 bridgehead atoms. The van der Waals surface area contributed by atoms with Crippen LogP contribution in [0.2, 0.25) is 0 Å². The third-order valence-corrected chi connectivity index (χ3v) is 5.54. The van der Waals surface area contributed by atoms with E-state index < -0.39 is 0 Å². The van der Waals surface area contributed by atoms with Crippen molar-refractivity contribution in [3.05, 3.63) is 24.3 Å². The van der Waals surface area contributed by atoms with Crippen molar-refractivity contribution in [2.45, 2.75) is 38.6 Å². The minimum absolute atomic E-state index is 0.549. The van der Waals surface area contributed by atoms with E-state index >= 15 is 0 Å². The predicted octanol–water partition coefficient (Wildman–Crippen LogP) is 3.91. The molecule has 1 atom stereocenters. The van der Waals surface area contributed by atoms with Crippen molar-refractivity contribution in [1.29, 1.82) is 0 Å². The van der Waals surface area contributed by atoms with Crippen molar-refractivity contribution in [1.82, 2.24) is 14.3 Å². The van der Waals surface area contributed by atoms with Crippen LogP contribution in [0.15, 0.2) is 24.3 Å². The molecule has 1 aliphatic heterocycles. The van der Waals surface area contributed by atoms with E-state index in [1.54, 1.807) is 7.11 Å². The number of aromatic nitrogens is 2. The summed E-state index contributed by atoms with van der Waals surface area (Å²) in [4.78, 5) is 9.72. The summed E-state index contributed by atoms with van der Waals surface area (Å²) >= 11 is 1.51. The lowest BCUT2D eigenvalue weighted by Gasteiger charge is -2.28. The Balaban J connectivity index is 1.70. The molecule has 0 unspecified atom stereocenters. The lowest BCUT2D eigenvalue weighted by atomic mass is 10.2. The van der Waals surface area contributed by atoms with Gasteiger partial charge in [0.2, 0.25) is 5.13 Å². The Morgan fingerprint density at radius 3 is 3.08 bits per heavy atom.